The molecule has 0 aliphatic heterocycles. The Hall–Kier alpha value is -2.17. The zero-order valence-corrected chi connectivity index (χ0v) is 11.9. The maximum Gasteiger partial charge on any atom is 0.310 e. The van der Waals surface area contributed by atoms with Crippen LogP contribution < -0.4 is 0 Å². The van der Waals surface area contributed by atoms with Gasteiger partial charge in [-0.25, -0.2) is 0 Å². The summed E-state index contributed by atoms with van der Waals surface area (Å²) in [6.07, 6.45) is 0.237. The second-order valence-electron chi connectivity index (χ2n) is 5.58. The van der Waals surface area contributed by atoms with Gasteiger partial charge in [0.2, 0.25) is 0 Å². The number of benzene rings is 1. The van der Waals surface area contributed by atoms with Gasteiger partial charge in [0.1, 0.15) is 0 Å². The molecule has 20 heavy (non-hydrogen) atoms. The minimum atomic E-state index is -0.313. The van der Waals surface area contributed by atoms with Crippen LogP contribution in [-0.2, 0) is 28.0 Å². The van der Waals surface area contributed by atoms with Crippen LogP contribution in [0.4, 0.5) is 0 Å². The van der Waals surface area contributed by atoms with Crippen LogP contribution in [0.15, 0.2) is 34.9 Å². The van der Waals surface area contributed by atoms with E-state index in [-0.39, 0.29) is 24.4 Å². The van der Waals surface area contributed by atoms with Gasteiger partial charge in [-0.15, -0.1) is 0 Å². The Bertz CT molecular complexity index is 570. The molecule has 0 N–H and O–H groups in total. The third-order valence-electron chi connectivity index (χ3n) is 2.69. The Morgan fingerprint density at radius 3 is 2.55 bits per heavy atom. The van der Waals surface area contributed by atoms with Gasteiger partial charge >= 0.3 is 5.97 Å². The summed E-state index contributed by atoms with van der Waals surface area (Å²) in [7, 11) is 0. The lowest BCUT2D eigenvalue weighted by atomic mass is 9.96. The van der Waals surface area contributed by atoms with Gasteiger partial charge < -0.3 is 9.26 Å². The van der Waals surface area contributed by atoms with Crippen molar-refractivity contribution in [1.82, 2.24) is 10.1 Å². The van der Waals surface area contributed by atoms with Gasteiger partial charge in [0, 0.05) is 5.41 Å². The third kappa shape index (κ3) is 3.91. The summed E-state index contributed by atoms with van der Waals surface area (Å²) >= 11 is 0. The summed E-state index contributed by atoms with van der Waals surface area (Å²) in [5, 5.41) is 3.87. The van der Waals surface area contributed by atoms with Crippen LogP contribution in [0.2, 0.25) is 0 Å². The second-order valence-corrected chi connectivity index (χ2v) is 5.58. The summed E-state index contributed by atoms with van der Waals surface area (Å²) in [4.78, 5) is 15.9. The maximum absolute atomic E-state index is 11.7. The topological polar surface area (TPSA) is 65.2 Å². The summed E-state index contributed by atoms with van der Waals surface area (Å²) in [5.41, 5.74) is 0.730. The average molecular weight is 274 g/mol. The van der Waals surface area contributed by atoms with E-state index in [9.17, 15) is 4.79 Å². The van der Waals surface area contributed by atoms with Gasteiger partial charge in [-0.1, -0.05) is 56.3 Å². The molecule has 0 saturated heterocycles. The highest BCUT2D eigenvalue weighted by molar-refractivity contribution is 5.72. The lowest BCUT2D eigenvalue weighted by molar-refractivity contribution is -0.144. The van der Waals surface area contributed by atoms with Crippen molar-refractivity contribution in [2.45, 2.75) is 39.2 Å². The predicted octanol–water partition coefficient (Wildman–Crippen LogP) is 2.65. The van der Waals surface area contributed by atoms with E-state index in [4.69, 9.17) is 9.26 Å². The molecule has 2 rings (SSSR count). The number of carbonyl (C=O) groups excluding carboxylic acids is 1. The van der Waals surface area contributed by atoms with Crippen LogP contribution in [0, 0.1) is 0 Å². The fourth-order valence-electron chi connectivity index (χ4n) is 1.57. The Kier molecular flexibility index (Phi) is 4.17. The van der Waals surface area contributed by atoms with Crippen LogP contribution in [-0.4, -0.2) is 16.1 Å². The van der Waals surface area contributed by atoms with E-state index in [0.717, 1.165) is 5.56 Å². The van der Waals surface area contributed by atoms with Crippen LogP contribution in [0.3, 0.4) is 0 Å². The number of carbonyl (C=O) groups is 1. The molecule has 0 unspecified atom stereocenters. The molecule has 0 amide bonds. The number of hydrogen-bond donors (Lipinski definition) is 0. The molecule has 0 atom stereocenters. The lowest BCUT2D eigenvalue weighted by Crippen LogP contribution is -2.13. The molecule has 5 heteroatoms. The minimum absolute atomic E-state index is 0.00868. The zero-order valence-electron chi connectivity index (χ0n) is 11.9. The SMILES string of the molecule is CC(C)(C)c1noc(COC(=O)Cc2ccccc2)n1. The molecule has 106 valence electrons. The van der Waals surface area contributed by atoms with Gasteiger partial charge in [0.05, 0.1) is 6.42 Å². The fraction of sp³-hybridized carbons (Fsp3) is 0.400. The number of hydrogen-bond acceptors (Lipinski definition) is 5. The van der Waals surface area contributed by atoms with Gasteiger partial charge in [0.25, 0.3) is 5.89 Å². The first-order valence-corrected chi connectivity index (χ1v) is 6.48. The molecule has 0 aliphatic carbocycles. The second kappa shape index (κ2) is 5.86. The Labute approximate surface area is 118 Å². The van der Waals surface area contributed by atoms with Crippen molar-refractivity contribution in [3.05, 3.63) is 47.6 Å². The molecule has 2 aromatic rings. The molecule has 0 bridgehead atoms. The van der Waals surface area contributed by atoms with E-state index < -0.39 is 0 Å². The number of nitrogens with zero attached hydrogens (tertiary/aromatic N) is 2. The first-order valence-electron chi connectivity index (χ1n) is 6.48. The van der Waals surface area contributed by atoms with Gasteiger partial charge in [0.15, 0.2) is 12.4 Å². The normalized spacial score (nSPS) is 11.3. The zero-order chi connectivity index (χ0) is 14.6. The number of ether oxygens (including phenoxy) is 1. The van der Waals surface area contributed by atoms with Crippen molar-refractivity contribution < 1.29 is 14.1 Å². The number of rotatable bonds is 4. The molecule has 1 heterocycles. The van der Waals surface area contributed by atoms with E-state index in [1.54, 1.807) is 0 Å². The molecule has 0 saturated carbocycles. The molecular formula is C15H18N2O3. The van der Waals surface area contributed by atoms with Crippen molar-refractivity contribution >= 4 is 5.97 Å². The molecule has 1 aromatic carbocycles. The highest BCUT2D eigenvalue weighted by atomic mass is 16.6. The lowest BCUT2D eigenvalue weighted by Gasteiger charge is -2.10. The smallest absolute Gasteiger partial charge is 0.310 e. The Morgan fingerprint density at radius 2 is 1.95 bits per heavy atom. The number of esters is 1. The fourth-order valence-corrected chi connectivity index (χ4v) is 1.57. The van der Waals surface area contributed by atoms with Crippen LogP contribution in [0.25, 0.3) is 0 Å². The quantitative estimate of drug-likeness (QED) is 0.802. The molecule has 0 fully saturated rings. The van der Waals surface area contributed by atoms with Crippen LogP contribution >= 0.6 is 0 Å². The molecule has 5 nitrogen and oxygen atoms in total. The standard InChI is InChI=1S/C15H18N2O3/c1-15(2,3)14-16-12(20-17-14)10-19-13(18)9-11-7-5-4-6-8-11/h4-8H,9-10H2,1-3H3. The van der Waals surface area contributed by atoms with Crippen molar-refractivity contribution in [1.29, 1.82) is 0 Å². The highest BCUT2D eigenvalue weighted by Crippen LogP contribution is 2.18. The van der Waals surface area contributed by atoms with Crippen molar-refractivity contribution in [3.63, 3.8) is 0 Å². The van der Waals surface area contributed by atoms with E-state index in [2.05, 4.69) is 10.1 Å². The first kappa shape index (κ1) is 14.2. The highest BCUT2D eigenvalue weighted by Gasteiger charge is 2.21. The Morgan fingerprint density at radius 1 is 1.25 bits per heavy atom. The monoisotopic (exact) mass is 274 g/mol. The average Bonchev–Trinajstić information content (AvgIpc) is 2.86. The van der Waals surface area contributed by atoms with Crippen LogP contribution in [0.5, 0.6) is 0 Å². The summed E-state index contributed by atoms with van der Waals surface area (Å²) in [6.45, 7) is 5.98. The van der Waals surface area contributed by atoms with Gasteiger partial charge in [-0.2, -0.15) is 4.98 Å². The van der Waals surface area contributed by atoms with Crippen molar-refractivity contribution in [3.8, 4) is 0 Å². The minimum Gasteiger partial charge on any atom is -0.455 e. The molecule has 1 aromatic heterocycles. The van der Waals surface area contributed by atoms with E-state index in [1.807, 2.05) is 51.1 Å². The maximum atomic E-state index is 11.7. The van der Waals surface area contributed by atoms with E-state index >= 15 is 0 Å². The Balaban J connectivity index is 1.86. The summed E-state index contributed by atoms with van der Waals surface area (Å²) in [6, 6.07) is 9.44. The molecule has 0 aliphatic rings. The van der Waals surface area contributed by atoms with Gasteiger partial charge in [-0.05, 0) is 5.56 Å². The summed E-state index contributed by atoms with van der Waals surface area (Å²) in [5.74, 6) is 0.606. The molecule has 0 spiro atoms. The third-order valence-corrected chi connectivity index (χ3v) is 2.69. The van der Waals surface area contributed by atoms with Gasteiger partial charge in [-0.3, -0.25) is 4.79 Å². The molecule has 0 radical (unpaired) electrons. The predicted molar refractivity (Wildman–Crippen MR) is 72.9 cm³/mol. The first-order chi connectivity index (χ1) is 9.45. The number of aromatic nitrogens is 2. The largest absolute Gasteiger partial charge is 0.455 e. The van der Waals surface area contributed by atoms with Crippen molar-refractivity contribution in [2.24, 2.45) is 0 Å². The van der Waals surface area contributed by atoms with E-state index in [1.165, 1.54) is 0 Å². The summed E-state index contributed by atoms with van der Waals surface area (Å²) < 4.78 is 10.2. The van der Waals surface area contributed by atoms with Crippen LogP contribution in [0.1, 0.15) is 38.0 Å². The van der Waals surface area contributed by atoms with Crippen molar-refractivity contribution in [2.75, 3.05) is 0 Å². The van der Waals surface area contributed by atoms with E-state index in [0.29, 0.717) is 11.7 Å². The molecular weight excluding hydrogens is 256 g/mol.